The van der Waals surface area contributed by atoms with Crippen LogP contribution in [0.1, 0.15) is 24.2 Å². The number of hydrogen-bond acceptors (Lipinski definition) is 4. The third-order valence-corrected chi connectivity index (χ3v) is 3.76. The van der Waals surface area contributed by atoms with E-state index in [1.165, 1.54) is 9.80 Å². The quantitative estimate of drug-likeness (QED) is 0.937. The van der Waals surface area contributed by atoms with Crippen molar-refractivity contribution in [2.75, 3.05) is 18.5 Å². The normalized spacial score (nSPS) is 20.1. The van der Waals surface area contributed by atoms with Crippen LogP contribution in [0.15, 0.2) is 40.9 Å². The van der Waals surface area contributed by atoms with Crippen LogP contribution in [0, 0.1) is 0 Å². The van der Waals surface area contributed by atoms with Crippen LogP contribution in [0.5, 0.6) is 0 Å². The van der Waals surface area contributed by atoms with Gasteiger partial charge in [0.25, 0.3) is 0 Å². The van der Waals surface area contributed by atoms with E-state index in [4.69, 9.17) is 4.52 Å². The Bertz CT molecular complexity index is 641. The van der Waals surface area contributed by atoms with Gasteiger partial charge in [-0.25, -0.2) is 9.69 Å². The summed E-state index contributed by atoms with van der Waals surface area (Å²) in [5, 5.41) is 13.9. The minimum absolute atomic E-state index is 0.0278. The number of benzene rings is 1. The molecule has 1 aliphatic rings. The molecule has 110 valence electrons. The molecule has 1 aromatic carbocycles. The van der Waals surface area contributed by atoms with Gasteiger partial charge in [-0.2, -0.15) is 0 Å². The Morgan fingerprint density at radius 2 is 2.10 bits per heavy atom. The Labute approximate surface area is 122 Å². The van der Waals surface area contributed by atoms with Gasteiger partial charge in [0.2, 0.25) is 0 Å². The fourth-order valence-electron chi connectivity index (χ4n) is 2.47. The molecular formula is C15H17N3O3. The van der Waals surface area contributed by atoms with E-state index in [0.29, 0.717) is 11.6 Å². The fraction of sp³-hybridized carbons (Fsp3) is 0.333. The lowest BCUT2D eigenvalue weighted by Crippen LogP contribution is -2.34. The van der Waals surface area contributed by atoms with Gasteiger partial charge >= 0.3 is 6.03 Å². The molecule has 1 aromatic heterocycles. The topological polar surface area (TPSA) is 69.8 Å². The first-order chi connectivity index (χ1) is 10.1. The standard InChI is InChI=1S/C15H17N3O3/c1-10(11-6-4-3-5-7-11)12-8-13(16-21-12)18-14(19)9-17(2)15(18)20/h3-8,10,14,19H,9H2,1-2H3. The molecule has 1 fully saturated rings. The Hall–Kier alpha value is -2.34. The summed E-state index contributed by atoms with van der Waals surface area (Å²) in [4.78, 5) is 14.7. The first-order valence-electron chi connectivity index (χ1n) is 6.82. The van der Waals surface area contributed by atoms with E-state index < -0.39 is 6.23 Å². The van der Waals surface area contributed by atoms with E-state index >= 15 is 0 Å². The van der Waals surface area contributed by atoms with E-state index in [2.05, 4.69) is 5.16 Å². The lowest BCUT2D eigenvalue weighted by Gasteiger charge is -2.14. The van der Waals surface area contributed by atoms with Crippen molar-refractivity contribution < 1.29 is 14.4 Å². The molecule has 6 heteroatoms. The number of urea groups is 1. The van der Waals surface area contributed by atoms with Crippen molar-refractivity contribution in [2.45, 2.75) is 19.1 Å². The van der Waals surface area contributed by atoms with Crippen LogP contribution >= 0.6 is 0 Å². The number of anilines is 1. The van der Waals surface area contributed by atoms with Crippen molar-refractivity contribution in [3.05, 3.63) is 47.7 Å². The molecule has 6 nitrogen and oxygen atoms in total. The highest BCUT2D eigenvalue weighted by molar-refractivity contribution is 5.93. The Morgan fingerprint density at radius 1 is 1.38 bits per heavy atom. The number of hydrogen-bond donors (Lipinski definition) is 1. The number of β-amino-alcohol motifs (C(OH)–C–C–N with tert-alkyl or cyclic N) is 1. The van der Waals surface area contributed by atoms with Crippen LogP contribution in [-0.2, 0) is 0 Å². The molecule has 0 saturated carbocycles. The second kappa shape index (κ2) is 5.21. The molecule has 0 aliphatic carbocycles. The molecule has 1 N–H and O–H groups in total. The maximum absolute atomic E-state index is 12.0. The summed E-state index contributed by atoms with van der Waals surface area (Å²) in [6.45, 7) is 2.27. The van der Waals surface area contributed by atoms with Crippen LogP contribution < -0.4 is 4.90 Å². The highest BCUT2D eigenvalue weighted by Gasteiger charge is 2.37. The number of aromatic nitrogens is 1. The number of likely N-dealkylation sites (N-methyl/N-ethyl adjacent to an activating group) is 1. The second-order valence-electron chi connectivity index (χ2n) is 5.23. The summed E-state index contributed by atoms with van der Waals surface area (Å²) in [6.07, 6.45) is -0.896. The molecule has 2 atom stereocenters. The van der Waals surface area contributed by atoms with Crippen molar-refractivity contribution >= 4 is 11.8 Å². The van der Waals surface area contributed by atoms with E-state index in [1.807, 2.05) is 37.3 Å². The summed E-state index contributed by atoms with van der Waals surface area (Å²) < 4.78 is 5.35. The van der Waals surface area contributed by atoms with Gasteiger partial charge in [-0.05, 0) is 5.56 Å². The molecule has 2 heterocycles. The first kappa shape index (κ1) is 13.6. The summed E-state index contributed by atoms with van der Waals surface area (Å²) in [6, 6.07) is 11.3. The minimum Gasteiger partial charge on any atom is -0.371 e. The average Bonchev–Trinajstić information content (AvgIpc) is 3.05. The predicted molar refractivity (Wildman–Crippen MR) is 77.0 cm³/mol. The SMILES string of the molecule is CC(c1ccccc1)c1cc(N2C(=O)N(C)CC2O)no1. The van der Waals surface area contributed by atoms with Gasteiger partial charge in [0.15, 0.2) is 12.0 Å². The second-order valence-corrected chi connectivity index (χ2v) is 5.23. The number of carbonyl (C=O) groups is 1. The molecule has 3 rings (SSSR count). The number of aliphatic hydroxyl groups excluding tert-OH is 1. The lowest BCUT2D eigenvalue weighted by molar-refractivity contribution is 0.182. The predicted octanol–water partition coefficient (Wildman–Crippen LogP) is 2.02. The monoisotopic (exact) mass is 287 g/mol. The molecule has 2 unspecified atom stereocenters. The van der Waals surface area contributed by atoms with Gasteiger partial charge in [-0.15, -0.1) is 0 Å². The Balaban J connectivity index is 1.85. The Kier molecular flexibility index (Phi) is 3.39. The molecule has 2 amide bonds. The smallest absolute Gasteiger partial charge is 0.327 e. The first-order valence-corrected chi connectivity index (χ1v) is 6.82. The number of rotatable bonds is 3. The summed E-state index contributed by atoms with van der Waals surface area (Å²) in [5.74, 6) is 1.03. The van der Waals surface area contributed by atoms with Crippen LogP contribution in [0.4, 0.5) is 10.6 Å². The van der Waals surface area contributed by atoms with Gasteiger partial charge in [0, 0.05) is 19.0 Å². The van der Waals surface area contributed by atoms with Gasteiger partial charge in [-0.1, -0.05) is 42.4 Å². The third-order valence-electron chi connectivity index (χ3n) is 3.76. The molecule has 21 heavy (non-hydrogen) atoms. The van der Waals surface area contributed by atoms with Crippen LogP contribution in [0.2, 0.25) is 0 Å². The zero-order valence-corrected chi connectivity index (χ0v) is 11.9. The summed E-state index contributed by atoms with van der Waals surface area (Å²) in [7, 11) is 1.64. The number of nitrogens with zero attached hydrogens (tertiary/aromatic N) is 3. The number of carbonyl (C=O) groups excluding carboxylic acids is 1. The van der Waals surface area contributed by atoms with Crippen molar-refractivity contribution in [1.29, 1.82) is 0 Å². The van der Waals surface area contributed by atoms with Gasteiger partial charge in [0.05, 0.1) is 6.54 Å². The fourth-order valence-corrected chi connectivity index (χ4v) is 2.47. The van der Waals surface area contributed by atoms with Crippen molar-refractivity contribution in [1.82, 2.24) is 10.1 Å². The van der Waals surface area contributed by atoms with E-state index in [0.717, 1.165) is 5.56 Å². The van der Waals surface area contributed by atoms with Gasteiger partial charge < -0.3 is 14.5 Å². The zero-order valence-electron chi connectivity index (χ0n) is 11.9. The third kappa shape index (κ3) is 2.38. The van der Waals surface area contributed by atoms with Crippen molar-refractivity contribution in [3.8, 4) is 0 Å². The summed E-state index contributed by atoms with van der Waals surface area (Å²) >= 11 is 0. The highest BCUT2D eigenvalue weighted by atomic mass is 16.5. The Morgan fingerprint density at radius 3 is 2.71 bits per heavy atom. The molecule has 1 aliphatic heterocycles. The molecule has 0 radical (unpaired) electrons. The average molecular weight is 287 g/mol. The lowest BCUT2D eigenvalue weighted by atomic mass is 9.99. The summed E-state index contributed by atoms with van der Waals surface area (Å²) in [5.41, 5.74) is 1.10. The van der Waals surface area contributed by atoms with Gasteiger partial charge in [-0.3, -0.25) is 0 Å². The maximum Gasteiger partial charge on any atom is 0.327 e. The number of aliphatic hydroxyl groups is 1. The molecule has 0 spiro atoms. The van der Waals surface area contributed by atoms with Crippen LogP contribution in [0.25, 0.3) is 0 Å². The molecular weight excluding hydrogens is 270 g/mol. The van der Waals surface area contributed by atoms with Crippen molar-refractivity contribution in [2.24, 2.45) is 0 Å². The van der Waals surface area contributed by atoms with Crippen molar-refractivity contribution in [3.63, 3.8) is 0 Å². The van der Waals surface area contributed by atoms with Gasteiger partial charge in [0.1, 0.15) is 5.76 Å². The molecule has 0 bridgehead atoms. The van der Waals surface area contributed by atoms with Crippen LogP contribution in [-0.4, -0.2) is 41.0 Å². The van der Waals surface area contributed by atoms with E-state index in [9.17, 15) is 9.90 Å². The maximum atomic E-state index is 12.0. The van der Waals surface area contributed by atoms with Crippen LogP contribution in [0.3, 0.4) is 0 Å². The molecule has 1 saturated heterocycles. The highest BCUT2D eigenvalue weighted by Crippen LogP contribution is 2.29. The van der Waals surface area contributed by atoms with E-state index in [1.54, 1.807) is 13.1 Å². The largest absolute Gasteiger partial charge is 0.371 e. The number of amides is 2. The zero-order chi connectivity index (χ0) is 15.0. The molecule has 2 aromatic rings. The van der Waals surface area contributed by atoms with E-state index in [-0.39, 0.29) is 18.5 Å². The minimum atomic E-state index is -0.896.